The molecule has 0 saturated heterocycles. The highest BCUT2D eigenvalue weighted by atomic mass is 28.2. The second-order valence-electron chi connectivity index (χ2n) is 3.16. The summed E-state index contributed by atoms with van der Waals surface area (Å²) in [4.78, 5) is 19.3. The van der Waals surface area contributed by atoms with Gasteiger partial charge in [0.05, 0.1) is 13.0 Å². The molecule has 0 fully saturated rings. The summed E-state index contributed by atoms with van der Waals surface area (Å²) < 4.78 is 4.89. The summed E-state index contributed by atoms with van der Waals surface area (Å²) in [5.74, 6) is 2.69. The van der Waals surface area contributed by atoms with E-state index in [4.69, 9.17) is 4.74 Å². The number of hydrogen-bond acceptors (Lipinski definition) is 4. The highest BCUT2D eigenvalue weighted by Gasteiger charge is 2.08. The number of nitrogens with zero attached hydrogens (tertiary/aromatic N) is 2. The first kappa shape index (κ1) is 13.4. The first-order valence-electron chi connectivity index (χ1n) is 5.46. The molecule has 0 aromatic carbocycles. The van der Waals surface area contributed by atoms with E-state index in [-0.39, 0.29) is 12.4 Å². The number of carbonyl (C=O) groups is 1. The van der Waals surface area contributed by atoms with Crippen LogP contribution in [0.4, 0.5) is 0 Å². The van der Waals surface area contributed by atoms with E-state index in [9.17, 15) is 4.79 Å². The monoisotopic (exact) mass is 246 g/mol. The molecule has 1 aromatic rings. The fourth-order valence-electron chi connectivity index (χ4n) is 1.16. The molecule has 5 heteroatoms. The molecule has 1 rings (SSSR count). The van der Waals surface area contributed by atoms with E-state index in [1.165, 1.54) is 6.33 Å². The number of ether oxygens (including phenoxy) is 1. The van der Waals surface area contributed by atoms with Crippen molar-refractivity contribution in [3.63, 3.8) is 0 Å². The molecule has 0 bridgehead atoms. The van der Waals surface area contributed by atoms with Gasteiger partial charge in [-0.25, -0.2) is 9.97 Å². The first-order valence-corrected chi connectivity index (χ1v) is 6.67. The van der Waals surface area contributed by atoms with Gasteiger partial charge in [-0.15, -0.1) is 5.54 Å². The zero-order valence-corrected chi connectivity index (χ0v) is 11.0. The van der Waals surface area contributed by atoms with Crippen LogP contribution in [0.15, 0.2) is 12.5 Å². The number of aromatic nitrogens is 2. The SMILES string of the molecule is CCOC(=O)Cc1cncnc1C#C[Si]CC. The molecule has 2 radical (unpaired) electrons. The normalized spacial score (nSPS) is 9.29. The van der Waals surface area contributed by atoms with Crippen molar-refractivity contribution in [2.75, 3.05) is 6.61 Å². The van der Waals surface area contributed by atoms with Crippen molar-refractivity contribution in [1.82, 2.24) is 9.97 Å². The smallest absolute Gasteiger partial charge is 0.310 e. The van der Waals surface area contributed by atoms with Gasteiger partial charge in [0.25, 0.3) is 0 Å². The third kappa shape index (κ3) is 4.79. The summed E-state index contributed by atoms with van der Waals surface area (Å²) in [7, 11) is 0.595. The van der Waals surface area contributed by atoms with Crippen LogP contribution in [0.3, 0.4) is 0 Å². The van der Waals surface area contributed by atoms with Crippen LogP contribution in [0.25, 0.3) is 0 Å². The van der Waals surface area contributed by atoms with Gasteiger partial charge in [0.2, 0.25) is 0 Å². The molecule has 0 aliphatic rings. The Bertz CT molecular complexity index is 438. The molecule has 1 heterocycles. The summed E-state index contributed by atoms with van der Waals surface area (Å²) in [6.45, 7) is 4.24. The largest absolute Gasteiger partial charge is 0.466 e. The van der Waals surface area contributed by atoms with Crippen molar-refractivity contribution in [2.24, 2.45) is 0 Å². The average molecular weight is 246 g/mol. The van der Waals surface area contributed by atoms with Crippen LogP contribution in [-0.4, -0.2) is 32.1 Å². The Labute approximate surface area is 104 Å². The zero-order valence-electron chi connectivity index (χ0n) is 9.99. The van der Waals surface area contributed by atoms with Crippen molar-refractivity contribution in [3.8, 4) is 11.5 Å². The maximum Gasteiger partial charge on any atom is 0.310 e. The van der Waals surface area contributed by atoms with E-state index >= 15 is 0 Å². The summed E-state index contributed by atoms with van der Waals surface area (Å²) in [5, 5.41) is 0. The minimum Gasteiger partial charge on any atom is -0.466 e. The number of carbonyl (C=O) groups excluding carboxylic acids is 1. The first-order chi connectivity index (χ1) is 8.27. The van der Waals surface area contributed by atoms with Crippen LogP contribution >= 0.6 is 0 Å². The van der Waals surface area contributed by atoms with Gasteiger partial charge in [-0.05, 0) is 6.92 Å². The van der Waals surface area contributed by atoms with Crippen molar-refractivity contribution >= 4 is 15.5 Å². The van der Waals surface area contributed by atoms with Crippen LogP contribution in [0.2, 0.25) is 6.04 Å². The minimum atomic E-state index is -0.275. The highest BCUT2D eigenvalue weighted by molar-refractivity contribution is 6.45. The minimum absolute atomic E-state index is 0.175. The Morgan fingerprint density at radius 2 is 2.35 bits per heavy atom. The molecule has 4 nitrogen and oxygen atoms in total. The van der Waals surface area contributed by atoms with Gasteiger partial charge < -0.3 is 4.74 Å². The maximum absolute atomic E-state index is 11.4. The van der Waals surface area contributed by atoms with Crippen LogP contribution in [0, 0.1) is 11.5 Å². The van der Waals surface area contributed by atoms with E-state index in [2.05, 4.69) is 28.4 Å². The van der Waals surface area contributed by atoms with Crippen molar-refractivity contribution in [3.05, 3.63) is 23.8 Å². The fraction of sp³-hybridized carbons (Fsp3) is 0.417. The van der Waals surface area contributed by atoms with Gasteiger partial charge in [0.1, 0.15) is 21.5 Å². The van der Waals surface area contributed by atoms with Gasteiger partial charge in [-0.2, -0.15) is 0 Å². The molecule has 0 unspecified atom stereocenters. The Kier molecular flexibility index (Phi) is 5.97. The van der Waals surface area contributed by atoms with Crippen molar-refractivity contribution in [2.45, 2.75) is 26.3 Å². The predicted molar refractivity (Wildman–Crippen MR) is 65.5 cm³/mol. The lowest BCUT2D eigenvalue weighted by Gasteiger charge is -2.02. The van der Waals surface area contributed by atoms with Gasteiger partial charge in [-0.1, -0.05) is 18.9 Å². The Balaban J connectivity index is 2.78. The third-order valence-corrected chi connectivity index (χ3v) is 2.53. The van der Waals surface area contributed by atoms with E-state index in [0.29, 0.717) is 21.8 Å². The molecule has 0 atom stereocenters. The molecule has 1 aromatic heterocycles. The van der Waals surface area contributed by atoms with Crippen molar-refractivity contribution < 1.29 is 9.53 Å². The molecule has 17 heavy (non-hydrogen) atoms. The van der Waals surface area contributed by atoms with Gasteiger partial charge in [0.15, 0.2) is 0 Å². The average Bonchev–Trinajstić information content (AvgIpc) is 2.32. The summed E-state index contributed by atoms with van der Waals surface area (Å²) in [5.41, 5.74) is 4.37. The van der Waals surface area contributed by atoms with E-state index < -0.39 is 0 Å². The Hall–Kier alpha value is -1.67. The number of esters is 1. The quantitative estimate of drug-likeness (QED) is 0.452. The topological polar surface area (TPSA) is 52.1 Å². The van der Waals surface area contributed by atoms with E-state index in [1.54, 1.807) is 13.1 Å². The van der Waals surface area contributed by atoms with E-state index in [1.807, 2.05) is 0 Å². The molecule has 0 aliphatic carbocycles. The molecular weight excluding hydrogens is 232 g/mol. The molecule has 0 N–H and O–H groups in total. The Morgan fingerprint density at radius 1 is 1.53 bits per heavy atom. The number of hydrogen-bond donors (Lipinski definition) is 0. The maximum atomic E-state index is 11.4. The predicted octanol–water partition coefficient (Wildman–Crippen LogP) is 1.03. The molecule has 0 spiro atoms. The van der Waals surface area contributed by atoms with Gasteiger partial charge in [0, 0.05) is 11.8 Å². The highest BCUT2D eigenvalue weighted by Crippen LogP contribution is 2.04. The summed E-state index contributed by atoms with van der Waals surface area (Å²) in [6, 6.07) is 1.03. The lowest BCUT2D eigenvalue weighted by Crippen LogP contribution is -2.09. The van der Waals surface area contributed by atoms with Crippen molar-refractivity contribution in [1.29, 1.82) is 0 Å². The zero-order chi connectivity index (χ0) is 12.5. The van der Waals surface area contributed by atoms with Gasteiger partial charge in [-0.3, -0.25) is 4.79 Å². The summed E-state index contributed by atoms with van der Waals surface area (Å²) in [6.07, 6.45) is 3.23. The lowest BCUT2D eigenvalue weighted by atomic mass is 10.2. The van der Waals surface area contributed by atoms with Crippen LogP contribution in [-0.2, 0) is 16.0 Å². The summed E-state index contributed by atoms with van der Waals surface area (Å²) >= 11 is 0. The number of rotatable bonds is 4. The second-order valence-corrected chi connectivity index (χ2v) is 4.47. The van der Waals surface area contributed by atoms with Crippen LogP contribution in [0.1, 0.15) is 25.1 Å². The third-order valence-electron chi connectivity index (χ3n) is 1.87. The molecule has 0 aliphatic heterocycles. The lowest BCUT2D eigenvalue weighted by molar-refractivity contribution is -0.142. The Morgan fingerprint density at radius 3 is 3.06 bits per heavy atom. The fourth-order valence-corrected chi connectivity index (χ4v) is 1.54. The second kappa shape index (κ2) is 7.58. The molecule has 88 valence electrons. The molecule has 0 saturated carbocycles. The molecule has 0 amide bonds. The van der Waals surface area contributed by atoms with Gasteiger partial charge >= 0.3 is 5.97 Å². The van der Waals surface area contributed by atoms with Crippen LogP contribution in [0.5, 0.6) is 0 Å². The molecular formula is C12H14N2O2Si. The standard InChI is InChI=1S/C12H14N2O2Si/c1-3-16-12(15)7-10-8-13-9-14-11(10)5-6-17-4-2/h8-9H,3-4,7H2,1-2H3. The van der Waals surface area contributed by atoms with Crippen LogP contribution < -0.4 is 0 Å². The van der Waals surface area contributed by atoms with E-state index in [0.717, 1.165) is 11.6 Å².